The summed E-state index contributed by atoms with van der Waals surface area (Å²) in [6, 6.07) is 0.510. The van der Waals surface area contributed by atoms with Gasteiger partial charge >= 0.3 is 0 Å². The van der Waals surface area contributed by atoms with E-state index in [1.807, 2.05) is 14.0 Å². The zero-order valence-corrected chi connectivity index (χ0v) is 10.2. The molecule has 1 aliphatic carbocycles. The van der Waals surface area contributed by atoms with Crippen LogP contribution in [0.2, 0.25) is 0 Å². The minimum Gasteiger partial charge on any atom is -0.379 e. The molecule has 1 N–H and O–H groups in total. The van der Waals surface area contributed by atoms with Crippen LogP contribution in [0.15, 0.2) is 0 Å². The van der Waals surface area contributed by atoms with Gasteiger partial charge in [0.25, 0.3) is 0 Å². The molecule has 3 atom stereocenters. The summed E-state index contributed by atoms with van der Waals surface area (Å²) < 4.78 is 0. The van der Waals surface area contributed by atoms with Gasteiger partial charge in [-0.3, -0.25) is 4.90 Å². The summed E-state index contributed by atoms with van der Waals surface area (Å²) in [5, 5.41) is 9.65. The van der Waals surface area contributed by atoms with Crippen molar-refractivity contribution in [2.24, 2.45) is 11.3 Å². The van der Waals surface area contributed by atoms with E-state index in [2.05, 4.69) is 25.7 Å². The molecule has 1 aliphatic rings. The first-order valence-electron chi connectivity index (χ1n) is 5.76. The fourth-order valence-corrected chi connectivity index (χ4v) is 3.14. The highest BCUT2D eigenvalue weighted by molar-refractivity contribution is 4.92. The lowest BCUT2D eigenvalue weighted by molar-refractivity contribution is -0.0650. The lowest BCUT2D eigenvalue weighted by atomic mass is 9.68. The summed E-state index contributed by atoms with van der Waals surface area (Å²) in [6.45, 7) is 8.82. The molecule has 0 spiro atoms. The molecule has 1 saturated carbocycles. The molecular formula is C12H25NO. The lowest BCUT2D eigenvalue weighted by Crippen LogP contribution is -2.52. The average molecular weight is 199 g/mol. The number of hydrogen-bond acceptors (Lipinski definition) is 2. The van der Waals surface area contributed by atoms with E-state index in [-0.39, 0.29) is 6.23 Å². The zero-order chi connectivity index (χ0) is 10.9. The van der Waals surface area contributed by atoms with Gasteiger partial charge in [0.15, 0.2) is 0 Å². The molecule has 0 radical (unpaired) electrons. The fraction of sp³-hybridized carbons (Fsp3) is 1.00. The number of aliphatic hydroxyl groups is 1. The minimum absolute atomic E-state index is 0.333. The molecule has 0 aromatic carbocycles. The normalized spacial score (nSPS) is 34.5. The van der Waals surface area contributed by atoms with E-state index in [1.165, 1.54) is 19.3 Å². The van der Waals surface area contributed by atoms with E-state index in [0.717, 1.165) is 0 Å². The molecule has 0 aliphatic heterocycles. The summed E-state index contributed by atoms with van der Waals surface area (Å²) in [6.07, 6.45) is 3.57. The first kappa shape index (κ1) is 12.0. The van der Waals surface area contributed by atoms with E-state index < -0.39 is 0 Å². The molecule has 1 fully saturated rings. The van der Waals surface area contributed by atoms with E-state index in [0.29, 0.717) is 17.4 Å². The summed E-state index contributed by atoms with van der Waals surface area (Å²) in [5.41, 5.74) is 0.337. The Labute approximate surface area is 88.3 Å². The first-order chi connectivity index (χ1) is 6.36. The summed E-state index contributed by atoms with van der Waals surface area (Å²) in [5.74, 6) is 0.693. The Bertz CT molecular complexity index is 189. The molecule has 84 valence electrons. The average Bonchev–Trinajstić information content (AvgIpc) is 2.01. The second-order valence-corrected chi connectivity index (χ2v) is 5.60. The molecule has 0 bridgehead atoms. The van der Waals surface area contributed by atoms with Crippen molar-refractivity contribution in [1.29, 1.82) is 0 Å². The minimum atomic E-state index is -0.333. The highest BCUT2D eigenvalue weighted by atomic mass is 16.3. The maximum absolute atomic E-state index is 9.65. The van der Waals surface area contributed by atoms with E-state index in [9.17, 15) is 5.11 Å². The second-order valence-electron chi connectivity index (χ2n) is 5.60. The summed E-state index contributed by atoms with van der Waals surface area (Å²) >= 11 is 0. The van der Waals surface area contributed by atoms with Gasteiger partial charge in [0, 0.05) is 6.04 Å². The molecular weight excluding hydrogens is 174 g/mol. The molecule has 0 amide bonds. The van der Waals surface area contributed by atoms with Gasteiger partial charge in [0.1, 0.15) is 6.23 Å². The van der Waals surface area contributed by atoms with Crippen LogP contribution in [0.3, 0.4) is 0 Å². The smallest absolute Gasteiger partial charge is 0.104 e. The van der Waals surface area contributed by atoms with Crippen molar-refractivity contribution in [2.75, 3.05) is 7.05 Å². The molecule has 0 saturated heterocycles. The molecule has 3 unspecified atom stereocenters. The Kier molecular flexibility index (Phi) is 3.59. The quantitative estimate of drug-likeness (QED) is 0.691. The predicted molar refractivity (Wildman–Crippen MR) is 60.0 cm³/mol. The second kappa shape index (κ2) is 4.19. The molecule has 0 aromatic rings. The number of nitrogens with zero attached hydrogens (tertiary/aromatic N) is 1. The Hall–Kier alpha value is -0.0800. The van der Waals surface area contributed by atoms with Crippen molar-refractivity contribution in [3.05, 3.63) is 0 Å². The molecule has 2 nitrogen and oxygen atoms in total. The third kappa shape index (κ3) is 2.29. The third-order valence-corrected chi connectivity index (χ3v) is 3.85. The van der Waals surface area contributed by atoms with Crippen molar-refractivity contribution < 1.29 is 5.11 Å². The van der Waals surface area contributed by atoms with Gasteiger partial charge < -0.3 is 5.11 Å². The fourth-order valence-electron chi connectivity index (χ4n) is 3.14. The van der Waals surface area contributed by atoms with Crippen molar-refractivity contribution in [3.8, 4) is 0 Å². The highest BCUT2D eigenvalue weighted by Gasteiger charge is 2.40. The van der Waals surface area contributed by atoms with Crippen LogP contribution in [0.25, 0.3) is 0 Å². The van der Waals surface area contributed by atoms with Gasteiger partial charge in [-0.1, -0.05) is 27.2 Å². The Morgan fingerprint density at radius 2 is 2.00 bits per heavy atom. The van der Waals surface area contributed by atoms with Gasteiger partial charge in [-0.15, -0.1) is 0 Å². The zero-order valence-electron chi connectivity index (χ0n) is 10.2. The highest BCUT2D eigenvalue weighted by Crippen LogP contribution is 2.41. The van der Waals surface area contributed by atoms with Crippen molar-refractivity contribution in [3.63, 3.8) is 0 Å². The van der Waals surface area contributed by atoms with Crippen LogP contribution in [-0.2, 0) is 0 Å². The van der Waals surface area contributed by atoms with Crippen molar-refractivity contribution in [1.82, 2.24) is 4.90 Å². The Morgan fingerprint density at radius 1 is 1.43 bits per heavy atom. The van der Waals surface area contributed by atoms with Gasteiger partial charge in [-0.05, 0) is 38.1 Å². The number of rotatable bonds is 2. The topological polar surface area (TPSA) is 23.5 Å². The SMILES string of the molecule is CC1CCCC(C)(C)C1N(C)C(C)O. The lowest BCUT2D eigenvalue weighted by Gasteiger charge is -2.48. The van der Waals surface area contributed by atoms with Crippen molar-refractivity contribution in [2.45, 2.75) is 59.2 Å². The van der Waals surface area contributed by atoms with Crippen LogP contribution >= 0.6 is 0 Å². The van der Waals surface area contributed by atoms with E-state index in [1.54, 1.807) is 0 Å². The largest absolute Gasteiger partial charge is 0.379 e. The van der Waals surface area contributed by atoms with Gasteiger partial charge in [0.05, 0.1) is 0 Å². The third-order valence-electron chi connectivity index (χ3n) is 3.85. The van der Waals surface area contributed by atoms with E-state index >= 15 is 0 Å². The van der Waals surface area contributed by atoms with Crippen LogP contribution in [0, 0.1) is 11.3 Å². The molecule has 0 heterocycles. The molecule has 2 heteroatoms. The Morgan fingerprint density at radius 3 is 2.43 bits per heavy atom. The predicted octanol–water partition coefficient (Wildman–Crippen LogP) is 2.47. The molecule has 0 aromatic heterocycles. The van der Waals surface area contributed by atoms with Gasteiger partial charge in [0.2, 0.25) is 0 Å². The molecule has 14 heavy (non-hydrogen) atoms. The number of hydrogen-bond donors (Lipinski definition) is 1. The van der Waals surface area contributed by atoms with Crippen LogP contribution in [0.1, 0.15) is 47.0 Å². The summed E-state index contributed by atoms with van der Waals surface area (Å²) in [7, 11) is 2.04. The standard InChI is InChI=1S/C12H25NO/c1-9-7-6-8-12(3,4)11(9)13(5)10(2)14/h9-11,14H,6-8H2,1-5H3. The maximum Gasteiger partial charge on any atom is 0.104 e. The molecule has 1 rings (SSSR count). The van der Waals surface area contributed by atoms with Gasteiger partial charge in [-0.25, -0.2) is 0 Å². The van der Waals surface area contributed by atoms with Crippen LogP contribution in [0.5, 0.6) is 0 Å². The number of aliphatic hydroxyl groups excluding tert-OH is 1. The Balaban J connectivity index is 2.79. The van der Waals surface area contributed by atoms with Gasteiger partial charge in [-0.2, -0.15) is 0 Å². The van der Waals surface area contributed by atoms with Crippen molar-refractivity contribution >= 4 is 0 Å². The first-order valence-corrected chi connectivity index (χ1v) is 5.76. The van der Waals surface area contributed by atoms with Crippen LogP contribution in [0.4, 0.5) is 0 Å². The summed E-state index contributed by atoms with van der Waals surface area (Å²) in [4.78, 5) is 2.13. The van der Waals surface area contributed by atoms with Crippen LogP contribution in [-0.4, -0.2) is 29.3 Å². The monoisotopic (exact) mass is 199 g/mol. The van der Waals surface area contributed by atoms with Crippen LogP contribution < -0.4 is 0 Å². The van der Waals surface area contributed by atoms with E-state index in [4.69, 9.17) is 0 Å². The maximum atomic E-state index is 9.65.